The number of hydrogen-bond donors (Lipinski definition) is 2. The highest BCUT2D eigenvalue weighted by atomic mass is 16.2. The van der Waals surface area contributed by atoms with Crippen molar-refractivity contribution in [3.05, 3.63) is 29.6 Å². The molecule has 5 nitrogen and oxygen atoms in total. The minimum Gasteiger partial charge on any atom is -0.366 e. The molecule has 1 heterocycles. The van der Waals surface area contributed by atoms with Crippen molar-refractivity contribution in [1.29, 1.82) is 0 Å². The SMILES string of the molecule is CC(C)(C)C(=O)NC1(C#Cc2cncc(C(N)=O)c2)CCCCC1. The summed E-state index contributed by atoms with van der Waals surface area (Å²) in [4.78, 5) is 27.7. The van der Waals surface area contributed by atoms with Crippen LogP contribution in [0.25, 0.3) is 0 Å². The van der Waals surface area contributed by atoms with E-state index in [-0.39, 0.29) is 5.91 Å². The Kier molecular flexibility index (Phi) is 5.28. The van der Waals surface area contributed by atoms with Crippen LogP contribution in [0.1, 0.15) is 68.8 Å². The maximum atomic E-state index is 12.4. The summed E-state index contributed by atoms with van der Waals surface area (Å²) in [6.45, 7) is 5.69. The number of primary amides is 1. The first-order chi connectivity index (χ1) is 11.2. The number of amides is 2. The molecule has 2 rings (SSSR count). The Morgan fingerprint density at radius 1 is 1.21 bits per heavy atom. The highest BCUT2D eigenvalue weighted by molar-refractivity contribution is 5.92. The second kappa shape index (κ2) is 7.04. The fourth-order valence-corrected chi connectivity index (χ4v) is 2.68. The van der Waals surface area contributed by atoms with Crippen molar-refractivity contribution in [1.82, 2.24) is 10.3 Å². The molecule has 0 spiro atoms. The molecule has 2 amide bonds. The van der Waals surface area contributed by atoms with E-state index in [4.69, 9.17) is 5.73 Å². The second-order valence-corrected chi connectivity index (χ2v) is 7.42. The molecule has 1 aromatic rings. The Morgan fingerprint density at radius 3 is 2.46 bits per heavy atom. The quantitative estimate of drug-likeness (QED) is 0.818. The molecule has 0 unspecified atom stereocenters. The van der Waals surface area contributed by atoms with Gasteiger partial charge in [0.2, 0.25) is 11.8 Å². The molecule has 5 heteroatoms. The molecule has 0 radical (unpaired) electrons. The summed E-state index contributed by atoms with van der Waals surface area (Å²) in [5.41, 5.74) is 5.27. The van der Waals surface area contributed by atoms with Gasteiger partial charge in [0, 0.05) is 23.4 Å². The van der Waals surface area contributed by atoms with Crippen molar-refractivity contribution in [2.24, 2.45) is 11.1 Å². The van der Waals surface area contributed by atoms with Crippen LogP contribution in [0.3, 0.4) is 0 Å². The van der Waals surface area contributed by atoms with Crippen molar-refractivity contribution < 1.29 is 9.59 Å². The lowest BCUT2D eigenvalue weighted by molar-refractivity contribution is -0.130. The number of carbonyl (C=O) groups excluding carboxylic acids is 2. The number of nitrogens with zero attached hydrogens (tertiary/aromatic N) is 1. The third-order valence-electron chi connectivity index (χ3n) is 4.21. The van der Waals surface area contributed by atoms with Gasteiger partial charge >= 0.3 is 0 Å². The second-order valence-electron chi connectivity index (χ2n) is 7.42. The van der Waals surface area contributed by atoms with Gasteiger partial charge in [0.05, 0.1) is 5.56 Å². The molecule has 0 aromatic carbocycles. The Hall–Kier alpha value is -2.35. The number of nitrogens with two attached hydrogens (primary N) is 1. The van der Waals surface area contributed by atoms with Crippen LogP contribution in [0, 0.1) is 17.3 Å². The first-order valence-electron chi connectivity index (χ1n) is 8.33. The van der Waals surface area contributed by atoms with E-state index in [1.165, 1.54) is 6.20 Å². The van der Waals surface area contributed by atoms with E-state index < -0.39 is 16.9 Å². The minimum absolute atomic E-state index is 0.00251. The highest BCUT2D eigenvalue weighted by Gasteiger charge is 2.35. The molecule has 1 aliphatic carbocycles. The predicted molar refractivity (Wildman–Crippen MR) is 93.0 cm³/mol. The lowest BCUT2D eigenvalue weighted by Crippen LogP contribution is -2.52. The molecule has 24 heavy (non-hydrogen) atoms. The van der Waals surface area contributed by atoms with Gasteiger partial charge in [-0.2, -0.15) is 0 Å². The maximum Gasteiger partial charge on any atom is 0.250 e. The van der Waals surface area contributed by atoms with Crippen molar-refractivity contribution in [3.8, 4) is 11.8 Å². The van der Waals surface area contributed by atoms with Crippen molar-refractivity contribution in [2.75, 3.05) is 0 Å². The van der Waals surface area contributed by atoms with Gasteiger partial charge in [0.25, 0.3) is 0 Å². The summed E-state index contributed by atoms with van der Waals surface area (Å²) in [5, 5.41) is 3.16. The van der Waals surface area contributed by atoms with Gasteiger partial charge in [0.1, 0.15) is 5.54 Å². The molecule has 1 aromatic heterocycles. The van der Waals surface area contributed by atoms with Gasteiger partial charge in [-0.15, -0.1) is 0 Å². The Labute approximate surface area is 143 Å². The van der Waals surface area contributed by atoms with E-state index in [0.29, 0.717) is 11.1 Å². The molecule has 128 valence electrons. The van der Waals surface area contributed by atoms with E-state index >= 15 is 0 Å². The van der Waals surface area contributed by atoms with Crippen LogP contribution in [0.4, 0.5) is 0 Å². The predicted octanol–water partition coefficient (Wildman–Crippen LogP) is 2.40. The smallest absolute Gasteiger partial charge is 0.250 e. The van der Waals surface area contributed by atoms with Crippen molar-refractivity contribution in [3.63, 3.8) is 0 Å². The number of carbonyl (C=O) groups is 2. The van der Waals surface area contributed by atoms with Crippen LogP contribution < -0.4 is 11.1 Å². The van der Waals surface area contributed by atoms with Gasteiger partial charge in [-0.3, -0.25) is 14.6 Å². The molecule has 1 fully saturated rings. The standard InChI is InChI=1S/C19H25N3O2/c1-18(2,3)17(24)22-19(8-5-4-6-9-19)10-7-14-11-15(16(20)23)13-21-12-14/h11-13H,4-6,8-9H2,1-3H3,(H2,20,23)(H,22,24). The molecule has 0 aliphatic heterocycles. The zero-order valence-corrected chi connectivity index (χ0v) is 14.6. The summed E-state index contributed by atoms with van der Waals surface area (Å²) in [6.07, 6.45) is 7.94. The van der Waals surface area contributed by atoms with E-state index in [1.807, 2.05) is 20.8 Å². The monoisotopic (exact) mass is 327 g/mol. The lowest BCUT2D eigenvalue weighted by atomic mass is 9.80. The molecular weight excluding hydrogens is 302 g/mol. The van der Waals surface area contributed by atoms with E-state index in [1.54, 1.807) is 12.3 Å². The van der Waals surface area contributed by atoms with Crippen LogP contribution in [0.5, 0.6) is 0 Å². The fraction of sp³-hybridized carbons (Fsp3) is 0.526. The molecule has 0 atom stereocenters. The van der Waals surface area contributed by atoms with Crippen molar-refractivity contribution >= 4 is 11.8 Å². The summed E-state index contributed by atoms with van der Waals surface area (Å²) in [6, 6.07) is 1.63. The third-order valence-corrected chi connectivity index (χ3v) is 4.21. The van der Waals surface area contributed by atoms with Crippen LogP contribution in [0.15, 0.2) is 18.5 Å². The van der Waals surface area contributed by atoms with E-state index in [2.05, 4.69) is 22.1 Å². The summed E-state index contributed by atoms with van der Waals surface area (Å²) >= 11 is 0. The zero-order valence-electron chi connectivity index (χ0n) is 14.6. The molecular formula is C19H25N3O2. The van der Waals surface area contributed by atoms with Gasteiger partial charge in [-0.1, -0.05) is 51.9 Å². The first kappa shape index (κ1) is 18.0. The Bertz CT molecular complexity index is 687. The molecule has 0 bridgehead atoms. The van der Waals surface area contributed by atoms with Crippen LogP contribution in [0.2, 0.25) is 0 Å². The third kappa shape index (κ3) is 4.58. The summed E-state index contributed by atoms with van der Waals surface area (Å²) in [7, 11) is 0. The van der Waals surface area contributed by atoms with Gasteiger partial charge in [0.15, 0.2) is 0 Å². The van der Waals surface area contributed by atoms with Gasteiger partial charge in [-0.25, -0.2) is 0 Å². The molecule has 0 saturated heterocycles. The average Bonchev–Trinajstić information content (AvgIpc) is 2.53. The fourth-order valence-electron chi connectivity index (χ4n) is 2.68. The normalized spacial score (nSPS) is 16.6. The first-order valence-corrected chi connectivity index (χ1v) is 8.33. The summed E-state index contributed by atoms with van der Waals surface area (Å²) < 4.78 is 0. The van der Waals surface area contributed by atoms with Crippen LogP contribution >= 0.6 is 0 Å². The van der Waals surface area contributed by atoms with Crippen LogP contribution in [-0.4, -0.2) is 22.3 Å². The molecule has 1 saturated carbocycles. The van der Waals surface area contributed by atoms with Crippen LogP contribution in [-0.2, 0) is 4.79 Å². The summed E-state index contributed by atoms with van der Waals surface area (Å²) in [5.74, 6) is 5.79. The number of nitrogens with one attached hydrogen (secondary N) is 1. The molecule has 1 aliphatic rings. The highest BCUT2D eigenvalue weighted by Crippen LogP contribution is 2.29. The van der Waals surface area contributed by atoms with Crippen molar-refractivity contribution in [2.45, 2.75) is 58.4 Å². The number of hydrogen-bond acceptors (Lipinski definition) is 3. The number of rotatable bonds is 2. The Morgan fingerprint density at radius 2 is 1.88 bits per heavy atom. The number of aromatic nitrogens is 1. The zero-order chi connectivity index (χ0) is 17.8. The topological polar surface area (TPSA) is 85.1 Å². The lowest BCUT2D eigenvalue weighted by Gasteiger charge is -2.35. The van der Waals surface area contributed by atoms with E-state index in [9.17, 15) is 9.59 Å². The Balaban J connectivity index is 2.28. The number of pyridine rings is 1. The molecule has 3 N–H and O–H groups in total. The largest absolute Gasteiger partial charge is 0.366 e. The van der Waals surface area contributed by atoms with Gasteiger partial charge in [-0.05, 0) is 18.9 Å². The van der Waals surface area contributed by atoms with Gasteiger partial charge < -0.3 is 11.1 Å². The van der Waals surface area contributed by atoms with E-state index in [0.717, 1.165) is 32.1 Å². The average molecular weight is 327 g/mol. The minimum atomic E-state index is -0.528. The maximum absolute atomic E-state index is 12.4.